The van der Waals surface area contributed by atoms with Crippen molar-refractivity contribution in [2.75, 3.05) is 9.80 Å². The molecule has 1 aromatic heterocycles. The molecule has 0 unspecified atom stereocenters. The quantitative estimate of drug-likeness (QED) is 0.161. The minimum absolute atomic E-state index is 0.0264. The minimum atomic E-state index is -0.0805. The molecule has 5 heteroatoms. The highest BCUT2D eigenvalue weighted by molar-refractivity contribution is 7.99. The van der Waals surface area contributed by atoms with Crippen molar-refractivity contribution in [1.29, 1.82) is 0 Å². The Morgan fingerprint density at radius 2 is 0.984 bits per heavy atom. The maximum atomic E-state index is 2.75. The summed E-state index contributed by atoms with van der Waals surface area (Å²) >= 11 is 1.87. The molecular formula is C58H58BN3S. The van der Waals surface area contributed by atoms with E-state index in [4.69, 9.17) is 0 Å². The van der Waals surface area contributed by atoms with Crippen LogP contribution in [0.25, 0.3) is 32.9 Å². The molecule has 0 fully saturated rings. The Kier molecular flexibility index (Phi) is 8.56. The van der Waals surface area contributed by atoms with E-state index in [1.165, 1.54) is 110 Å². The smallest absolute Gasteiger partial charge is 0.333 e. The summed E-state index contributed by atoms with van der Waals surface area (Å²) in [4.78, 5) is 7.68. The second-order valence-electron chi connectivity index (χ2n) is 22.3. The summed E-state index contributed by atoms with van der Waals surface area (Å²) in [6.45, 7) is 28.0. The van der Waals surface area contributed by atoms with Crippen molar-refractivity contribution in [3.8, 4) is 11.1 Å². The summed E-state index contributed by atoms with van der Waals surface area (Å²) in [5, 5.41) is 2.62. The molecule has 0 radical (unpaired) electrons. The summed E-state index contributed by atoms with van der Waals surface area (Å²) in [5.74, 6) is 0. The van der Waals surface area contributed by atoms with Crippen LogP contribution in [-0.2, 0) is 21.7 Å². The number of anilines is 6. The number of rotatable bonds is 2. The second-order valence-corrected chi connectivity index (χ2v) is 23.4. The molecular weight excluding hydrogens is 782 g/mol. The molecule has 8 aromatic rings. The van der Waals surface area contributed by atoms with Gasteiger partial charge in [-0.1, -0.05) is 162 Å². The van der Waals surface area contributed by atoms with Crippen molar-refractivity contribution < 1.29 is 0 Å². The molecule has 0 saturated heterocycles. The molecule has 0 atom stereocenters. The van der Waals surface area contributed by atoms with Gasteiger partial charge in [0.05, 0.1) is 17.1 Å². The number of aromatic nitrogens is 1. The Morgan fingerprint density at radius 1 is 0.429 bits per heavy atom. The summed E-state index contributed by atoms with van der Waals surface area (Å²) in [5.41, 5.74) is 20.6. The fourth-order valence-corrected chi connectivity index (χ4v) is 11.5. The zero-order valence-electron chi connectivity index (χ0n) is 39.0. The first-order valence-electron chi connectivity index (χ1n) is 22.8. The fraction of sp³-hybridized carbons (Fsp3) is 0.276. The van der Waals surface area contributed by atoms with Crippen molar-refractivity contribution in [1.82, 2.24) is 4.48 Å². The van der Waals surface area contributed by atoms with Gasteiger partial charge in [0.15, 0.2) is 0 Å². The third-order valence-corrected chi connectivity index (χ3v) is 15.1. The molecule has 11 rings (SSSR count). The van der Waals surface area contributed by atoms with E-state index in [0.717, 1.165) is 0 Å². The normalized spacial score (nSPS) is 14.5. The van der Waals surface area contributed by atoms with Crippen LogP contribution in [-0.4, -0.2) is 11.3 Å². The Balaban J connectivity index is 1.30. The molecule has 0 saturated carbocycles. The molecule has 0 N–H and O–H groups in total. The monoisotopic (exact) mass is 839 g/mol. The molecule has 63 heavy (non-hydrogen) atoms. The average Bonchev–Trinajstić information content (AvgIpc) is 3.57. The van der Waals surface area contributed by atoms with E-state index in [1.807, 2.05) is 11.8 Å². The molecule has 7 aromatic carbocycles. The highest BCUT2D eigenvalue weighted by atomic mass is 32.2. The van der Waals surface area contributed by atoms with Gasteiger partial charge < -0.3 is 14.3 Å². The van der Waals surface area contributed by atoms with Gasteiger partial charge in [-0.15, -0.1) is 0 Å². The third-order valence-electron chi connectivity index (χ3n) is 14.0. The van der Waals surface area contributed by atoms with Crippen molar-refractivity contribution in [3.63, 3.8) is 0 Å². The van der Waals surface area contributed by atoms with E-state index in [1.54, 1.807) is 0 Å². The summed E-state index contributed by atoms with van der Waals surface area (Å²) in [6.07, 6.45) is 0. The molecule has 3 aliphatic rings. The highest BCUT2D eigenvalue weighted by Crippen LogP contribution is 2.56. The number of hydrogen-bond acceptors (Lipinski definition) is 3. The van der Waals surface area contributed by atoms with Gasteiger partial charge in [-0.05, 0) is 127 Å². The number of para-hydroxylation sites is 2. The zero-order valence-corrected chi connectivity index (χ0v) is 39.8. The predicted octanol–water partition coefficient (Wildman–Crippen LogP) is 15.3. The largest absolute Gasteiger partial charge is 0.375 e. The summed E-state index contributed by atoms with van der Waals surface area (Å²) in [7, 11) is 0. The van der Waals surface area contributed by atoms with Crippen molar-refractivity contribution >= 4 is 85.5 Å². The zero-order chi connectivity index (χ0) is 44.1. The molecule has 4 heterocycles. The number of benzene rings is 7. The van der Waals surface area contributed by atoms with Gasteiger partial charge in [-0.2, -0.15) is 0 Å². The van der Waals surface area contributed by atoms with E-state index < -0.39 is 0 Å². The molecule has 314 valence electrons. The van der Waals surface area contributed by atoms with Gasteiger partial charge in [0.25, 0.3) is 0 Å². The number of hydrogen-bond donors (Lipinski definition) is 0. The van der Waals surface area contributed by atoms with Crippen LogP contribution in [0.15, 0.2) is 143 Å². The Hall–Kier alpha value is -5.65. The van der Waals surface area contributed by atoms with Gasteiger partial charge >= 0.3 is 6.85 Å². The lowest BCUT2D eigenvalue weighted by atomic mass is 9.44. The van der Waals surface area contributed by atoms with Gasteiger partial charge in [0, 0.05) is 54.2 Å². The van der Waals surface area contributed by atoms with Crippen LogP contribution >= 0.6 is 11.8 Å². The topological polar surface area (TPSA) is 11.4 Å². The van der Waals surface area contributed by atoms with Crippen LogP contribution in [0.2, 0.25) is 0 Å². The Labute approximate surface area is 379 Å². The van der Waals surface area contributed by atoms with Crippen LogP contribution < -0.4 is 20.7 Å². The fourth-order valence-electron chi connectivity index (χ4n) is 10.4. The van der Waals surface area contributed by atoms with Crippen molar-refractivity contribution in [2.45, 2.75) is 115 Å². The van der Waals surface area contributed by atoms with E-state index >= 15 is 0 Å². The molecule has 0 bridgehead atoms. The Bertz CT molecular complexity index is 3150. The lowest BCUT2D eigenvalue weighted by Gasteiger charge is -2.42. The van der Waals surface area contributed by atoms with Crippen molar-refractivity contribution in [3.05, 3.63) is 156 Å². The first-order valence-corrected chi connectivity index (χ1v) is 23.6. The third kappa shape index (κ3) is 6.09. The number of nitrogens with zero attached hydrogens (tertiary/aromatic N) is 3. The summed E-state index contributed by atoms with van der Waals surface area (Å²) in [6, 6.07) is 51.9. The van der Waals surface area contributed by atoms with E-state index in [-0.39, 0.29) is 28.5 Å². The second kappa shape index (κ2) is 13.4. The summed E-state index contributed by atoms with van der Waals surface area (Å²) < 4.78 is 2.75. The molecule has 0 aliphatic carbocycles. The van der Waals surface area contributed by atoms with Gasteiger partial charge in [0.2, 0.25) is 0 Å². The van der Waals surface area contributed by atoms with E-state index in [0.29, 0.717) is 0 Å². The molecule has 3 aliphatic heterocycles. The van der Waals surface area contributed by atoms with Crippen molar-refractivity contribution in [2.24, 2.45) is 0 Å². The lowest BCUT2D eigenvalue weighted by molar-refractivity contribution is 0.590. The molecule has 0 spiro atoms. The molecule has 0 amide bonds. The van der Waals surface area contributed by atoms with Crippen LogP contribution in [0.3, 0.4) is 0 Å². The Morgan fingerprint density at radius 3 is 1.60 bits per heavy atom. The lowest BCUT2D eigenvalue weighted by Crippen LogP contribution is -2.57. The van der Waals surface area contributed by atoms with E-state index in [2.05, 4.69) is 231 Å². The minimum Gasteiger partial charge on any atom is -0.375 e. The van der Waals surface area contributed by atoms with Crippen LogP contribution in [0.4, 0.5) is 34.1 Å². The maximum absolute atomic E-state index is 2.75. The first-order chi connectivity index (χ1) is 29.8. The highest BCUT2D eigenvalue weighted by Gasteiger charge is 2.45. The van der Waals surface area contributed by atoms with E-state index in [9.17, 15) is 0 Å². The average molecular weight is 840 g/mol. The first kappa shape index (κ1) is 40.2. The maximum Gasteiger partial charge on any atom is 0.333 e. The molecule has 3 nitrogen and oxygen atoms in total. The van der Waals surface area contributed by atoms with Crippen LogP contribution in [0.5, 0.6) is 0 Å². The van der Waals surface area contributed by atoms with Gasteiger partial charge in [-0.3, -0.25) is 0 Å². The SMILES string of the molecule is CC(C)(C)c1ccc(N2c3ccc(C(C)(C)C)cc3B3c4c(cc(C(C)(C)C)cc42)-c2ccc(N4c5ccccc5Sc5ccccc54)c4c5cc(C(C)(C)C)ccc5n3c24)cc1. The van der Waals surface area contributed by atoms with Gasteiger partial charge in [-0.25, -0.2) is 0 Å². The van der Waals surface area contributed by atoms with Crippen LogP contribution in [0.1, 0.15) is 105 Å². The predicted molar refractivity (Wildman–Crippen MR) is 274 cm³/mol. The standard InChI is InChI=1S/C58H58BN3S/c1-55(2,3)35-21-25-39(26-22-35)60-45-29-24-37(57(7,8)9)33-43(45)59-53-41(32-38(34-49(53)60)58(10,11)12)40-27-30-48(52-42-31-36(56(4,5)6)23-28-44(42)62(59)54(40)52)61-46-17-13-15-19-50(46)63-51-20-16-14-18-47(51)61/h13-34H,1-12H3. The van der Waals surface area contributed by atoms with Gasteiger partial charge in [0.1, 0.15) is 0 Å². The van der Waals surface area contributed by atoms with Crippen LogP contribution in [0, 0.1) is 0 Å². The number of fused-ring (bicyclic) bond motifs is 9.